The molecule has 0 radical (unpaired) electrons. The van der Waals surface area contributed by atoms with Crippen LogP contribution in [0.2, 0.25) is 5.02 Å². The van der Waals surface area contributed by atoms with E-state index in [1.54, 1.807) is 36.4 Å². The number of carbonyl (C=O) groups is 1. The molecule has 2 rings (SSSR count). The van der Waals surface area contributed by atoms with Gasteiger partial charge in [-0.05, 0) is 36.4 Å². The van der Waals surface area contributed by atoms with Crippen LogP contribution in [0.5, 0.6) is 0 Å². The van der Waals surface area contributed by atoms with Crippen molar-refractivity contribution in [2.24, 2.45) is 0 Å². The molecule has 0 fully saturated rings. The lowest BCUT2D eigenvalue weighted by molar-refractivity contribution is -0.688. The zero-order chi connectivity index (χ0) is 13.0. The van der Waals surface area contributed by atoms with Gasteiger partial charge in [0.25, 0.3) is 11.5 Å². The van der Waals surface area contributed by atoms with Gasteiger partial charge in [-0.2, -0.15) is 4.57 Å². The van der Waals surface area contributed by atoms with Crippen molar-refractivity contribution in [2.45, 2.75) is 6.54 Å². The summed E-state index contributed by atoms with van der Waals surface area (Å²) >= 11 is 5.81. The first-order valence-corrected chi connectivity index (χ1v) is 6.00. The standard InChI is InChI=1S/C15H13ClNO/c1-2-10-17-11-4-3-5-14(17)15(18)12-6-8-13(16)9-7-12/h2-9,11H,1,10H2/q+1. The Bertz CT molecular complexity index is 575. The second-order valence-corrected chi connectivity index (χ2v) is 4.30. The fourth-order valence-corrected chi connectivity index (χ4v) is 1.86. The van der Waals surface area contributed by atoms with Crippen LogP contribution in [0.3, 0.4) is 0 Å². The van der Waals surface area contributed by atoms with E-state index in [0.717, 1.165) is 0 Å². The Labute approximate surface area is 111 Å². The maximum absolute atomic E-state index is 12.4. The van der Waals surface area contributed by atoms with Gasteiger partial charge in [-0.1, -0.05) is 18.2 Å². The van der Waals surface area contributed by atoms with E-state index in [4.69, 9.17) is 11.6 Å². The van der Waals surface area contributed by atoms with Gasteiger partial charge >= 0.3 is 0 Å². The van der Waals surface area contributed by atoms with Crippen molar-refractivity contribution in [3.8, 4) is 0 Å². The molecule has 2 nitrogen and oxygen atoms in total. The Morgan fingerprint density at radius 3 is 2.61 bits per heavy atom. The fourth-order valence-electron chi connectivity index (χ4n) is 1.73. The molecule has 0 atom stereocenters. The van der Waals surface area contributed by atoms with Crippen molar-refractivity contribution in [3.05, 3.63) is 77.6 Å². The number of hydrogen-bond donors (Lipinski definition) is 0. The van der Waals surface area contributed by atoms with E-state index in [-0.39, 0.29) is 5.78 Å². The molecule has 18 heavy (non-hydrogen) atoms. The SMILES string of the molecule is C=CC[n+]1ccccc1C(=O)c1ccc(Cl)cc1. The number of nitrogens with zero attached hydrogens (tertiary/aromatic N) is 1. The van der Waals surface area contributed by atoms with Crippen LogP contribution in [-0.2, 0) is 6.54 Å². The molecule has 0 bridgehead atoms. The number of aromatic nitrogens is 1. The first-order chi connectivity index (χ1) is 8.72. The molecule has 0 spiro atoms. The Hall–Kier alpha value is -1.93. The molecule has 0 aliphatic heterocycles. The lowest BCUT2D eigenvalue weighted by Crippen LogP contribution is -2.39. The highest BCUT2D eigenvalue weighted by molar-refractivity contribution is 6.30. The average Bonchev–Trinajstić information content (AvgIpc) is 2.40. The van der Waals surface area contributed by atoms with E-state index >= 15 is 0 Å². The van der Waals surface area contributed by atoms with Gasteiger partial charge in [0.05, 0.1) is 0 Å². The van der Waals surface area contributed by atoms with Crippen molar-refractivity contribution in [3.63, 3.8) is 0 Å². The number of rotatable bonds is 4. The van der Waals surface area contributed by atoms with E-state index in [1.807, 2.05) is 22.9 Å². The van der Waals surface area contributed by atoms with Crippen LogP contribution in [0, 0.1) is 0 Å². The van der Waals surface area contributed by atoms with Gasteiger partial charge in [0.15, 0.2) is 12.7 Å². The summed E-state index contributed by atoms with van der Waals surface area (Å²) in [5.74, 6) is -0.0193. The van der Waals surface area contributed by atoms with Crippen molar-refractivity contribution in [1.29, 1.82) is 0 Å². The number of benzene rings is 1. The summed E-state index contributed by atoms with van der Waals surface area (Å²) in [4.78, 5) is 12.4. The number of hydrogen-bond acceptors (Lipinski definition) is 1. The predicted molar refractivity (Wildman–Crippen MR) is 71.7 cm³/mol. The smallest absolute Gasteiger partial charge is 0.256 e. The molecule has 0 saturated carbocycles. The van der Waals surface area contributed by atoms with Gasteiger partial charge in [-0.25, -0.2) is 0 Å². The van der Waals surface area contributed by atoms with E-state index in [2.05, 4.69) is 6.58 Å². The first-order valence-electron chi connectivity index (χ1n) is 5.62. The zero-order valence-electron chi connectivity index (χ0n) is 9.84. The highest BCUT2D eigenvalue weighted by Gasteiger charge is 2.19. The molecule has 3 heteroatoms. The van der Waals surface area contributed by atoms with Crippen LogP contribution < -0.4 is 4.57 Å². The van der Waals surface area contributed by atoms with Crippen LogP contribution >= 0.6 is 11.6 Å². The molecule has 0 unspecified atom stereocenters. The molecule has 1 heterocycles. The van der Waals surface area contributed by atoms with Crippen molar-refractivity contribution in [1.82, 2.24) is 0 Å². The molecule has 0 aliphatic carbocycles. The lowest BCUT2D eigenvalue weighted by Gasteiger charge is -2.01. The van der Waals surface area contributed by atoms with Gasteiger partial charge in [-0.15, -0.1) is 0 Å². The van der Waals surface area contributed by atoms with E-state index in [0.29, 0.717) is 22.8 Å². The minimum Gasteiger partial charge on any atom is -0.282 e. The topological polar surface area (TPSA) is 20.9 Å². The van der Waals surface area contributed by atoms with E-state index in [1.165, 1.54) is 0 Å². The maximum Gasteiger partial charge on any atom is 0.256 e. The van der Waals surface area contributed by atoms with Crippen LogP contribution in [0.4, 0.5) is 0 Å². The molecule has 90 valence electrons. The third-order valence-electron chi connectivity index (χ3n) is 2.61. The van der Waals surface area contributed by atoms with Crippen LogP contribution in [0.25, 0.3) is 0 Å². The third-order valence-corrected chi connectivity index (χ3v) is 2.86. The molecular formula is C15H13ClNO+. The maximum atomic E-state index is 12.4. The molecule has 2 aromatic rings. The van der Waals surface area contributed by atoms with Gasteiger partial charge in [-0.3, -0.25) is 4.79 Å². The Kier molecular flexibility index (Phi) is 3.90. The summed E-state index contributed by atoms with van der Waals surface area (Å²) in [7, 11) is 0. The minimum atomic E-state index is -0.0193. The Morgan fingerprint density at radius 1 is 1.22 bits per heavy atom. The molecule has 0 saturated heterocycles. The quantitative estimate of drug-likeness (QED) is 0.469. The number of carbonyl (C=O) groups excluding carboxylic acids is 1. The summed E-state index contributed by atoms with van der Waals surface area (Å²) in [6.45, 7) is 4.30. The first kappa shape index (κ1) is 12.5. The van der Waals surface area contributed by atoms with Crippen LogP contribution in [-0.4, -0.2) is 5.78 Å². The van der Waals surface area contributed by atoms with Gasteiger partial charge < -0.3 is 0 Å². The highest BCUT2D eigenvalue weighted by atomic mass is 35.5. The normalized spacial score (nSPS) is 10.1. The van der Waals surface area contributed by atoms with Crippen LogP contribution in [0.1, 0.15) is 16.1 Å². The second-order valence-electron chi connectivity index (χ2n) is 3.86. The number of allylic oxidation sites excluding steroid dienone is 1. The second kappa shape index (κ2) is 5.61. The molecule has 0 N–H and O–H groups in total. The summed E-state index contributed by atoms with van der Waals surface area (Å²) in [5, 5.41) is 0.624. The molecular weight excluding hydrogens is 246 g/mol. The molecule has 0 amide bonds. The summed E-state index contributed by atoms with van der Waals surface area (Å²) < 4.78 is 1.87. The average molecular weight is 259 g/mol. The fraction of sp³-hybridized carbons (Fsp3) is 0.0667. The largest absolute Gasteiger partial charge is 0.282 e. The molecule has 0 aliphatic rings. The lowest BCUT2D eigenvalue weighted by atomic mass is 10.1. The number of pyridine rings is 1. The van der Waals surface area contributed by atoms with Gasteiger partial charge in [0.2, 0.25) is 0 Å². The molecule has 1 aromatic heterocycles. The predicted octanol–water partition coefficient (Wildman–Crippen LogP) is 3.04. The highest BCUT2D eigenvalue weighted by Crippen LogP contribution is 2.12. The number of ketones is 1. The van der Waals surface area contributed by atoms with Gasteiger partial charge in [0.1, 0.15) is 0 Å². The Morgan fingerprint density at radius 2 is 1.94 bits per heavy atom. The van der Waals surface area contributed by atoms with Crippen molar-refractivity contribution < 1.29 is 9.36 Å². The summed E-state index contributed by atoms with van der Waals surface area (Å²) in [6.07, 6.45) is 3.63. The monoisotopic (exact) mass is 258 g/mol. The van der Waals surface area contributed by atoms with Crippen LogP contribution in [0.15, 0.2) is 61.3 Å². The van der Waals surface area contributed by atoms with E-state index in [9.17, 15) is 4.79 Å². The van der Waals surface area contributed by atoms with Crippen molar-refractivity contribution in [2.75, 3.05) is 0 Å². The number of halogens is 1. The third kappa shape index (κ3) is 2.66. The Balaban J connectivity index is 2.39. The molecule has 1 aromatic carbocycles. The van der Waals surface area contributed by atoms with Gasteiger partial charge in [0, 0.05) is 22.7 Å². The van der Waals surface area contributed by atoms with E-state index < -0.39 is 0 Å². The zero-order valence-corrected chi connectivity index (χ0v) is 10.6. The van der Waals surface area contributed by atoms with Crippen molar-refractivity contribution >= 4 is 17.4 Å². The summed E-state index contributed by atoms with van der Waals surface area (Å²) in [5.41, 5.74) is 1.27. The minimum absolute atomic E-state index is 0.0193. The summed E-state index contributed by atoms with van der Waals surface area (Å²) in [6, 6.07) is 12.4.